The van der Waals surface area contributed by atoms with E-state index in [0.29, 0.717) is 0 Å². The van der Waals surface area contributed by atoms with E-state index in [2.05, 4.69) is 232 Å². The monoisotopic (exact) mass is 1250 g/mol. The molecule has 0 atom stereocenters. The largest absolute Gasteiger partial charge is 1.00 e. The SMILES string of the molecule is [Au+].[Au+].[C-]#Cc1ccc2c(c1)[Si](C)(C)c1ccccc1-2.[C-]#Cc1ccc2c(c1)[Si](C)(C)c1ccccc1-2.c1ccc([PH+](C[PH+](c2ccccc2)c2ccccc2)c2ccccc2)cc1. The number of hydrogen-bond donors (Lipinski definition) is 0. The normalized spacial score (nSPS) is 12.8. The fraction of sp³-hybridized carbons (Fsp3) is 0.0877. The van der Waals surface area contributed by atoms with Gasteiger partial charge in [-0.2, -0.15) is 0 Å². The first-order chi connectivity index (χ1) is 29.7. The maximum absolute atomic E-state index is 7.26. The van der Waals surface area contributed by atoms with Crippen LogP contribution in [-0.4, -0.2) is 22.1 Å². The van der Waals surface area contributed by atoms with Crippen LogP contribution in [0.5, 0.6) is 0 Å². The molecule has 0 bridgehead atoms. The van der Waals surface area contributed by atoms with Crippen molar-refractivity contribution >= 4 is 74.0 Å². The molecule has 2 aliphatic rings. The van der Waals surface area contributed by atoms with Crippen LogP contribution in [0.4, 0.5) is 0 Å². The third-order valence-electron chi connectivity index (χ3n) is 12.3. The number of hydrogen-bond acceptors (Lipinski definition) is 0. The van der Waals surface area contributed by atoms with E-state index >= 15 is 0 Å². The molecular formula is C57H50Au2P2Si2+2. The van der Waals surface area contributed by atoms with Crippen LogP contribution in [0.2, 0.25) is 26.2 Å². The summed E-state index contributed by atoms with van der Waals surface area (Å²) in [5.41, 5.74) is 7.26. The number of rotatable bonds is 6. The molecule has 0 nitrogen and oxygen atoms in total. The van der Waals surface area contributed by atoms with Gasteiger partial charge in [0.25, 0.3) is 0 Å². The molecule has 0 amide bonds. The summed E-state index contributed by atoms with van der Waals surface area (Å²) < 4.78 is 0. The first-order valence-electron chi connectivity index (χ1n) is 21.0. The van der Waals surface area contributed by atoms with E-state index in [4.69, 9.17) is 12.8 Å². The fourth-order valence-electron chi connectivity index (χ4n) is 9.04. The Morgan fingerprint density at radius 3 is 0.921 bits per heavy atom. The molecule has 10 rings (SSSR count). The average molecular weight is 1250 g/mol. The fourth-order valence-corrected chi connectivity index (χ4v) is 23.0. The first-order valence-corrected chi connectivity index (χ1v) is 30.4. The molecule has 0 N–H and O–H groups in total. The third kappa shape index (κ3) is 10.3. The van der Waals surface area contributed by atoms with Gasteiger partial charge in [0.1, 0.15) is 53.2 Å². The molecule has 8 aromatic carbocycles. The Kier molecular flexibility index (Phi) is 16.5. The second-order valence-electron chi connectivity index (χ2n) is 16.7. The smallest absolute Gasteiger partial charge is 0.366 e. The van der Waals surface area contributed by atoms with Crippen molar-refractivity contribution in [2.45, 2.75) is 26.2 Å². The van der Waals surface area contributed by atoms with E-state index in [1.807, 2.05) is 12.1 Å². The van der Waals surface area contributed by atoms with Crippen LogP contribution >= 0.6 is 15.8 Å². The van der Waals surface area contributed by atoms with Gasteiger partial charge >= 0.3 is 44.8 Å². The number of benzene rings is 8. The third-order valence-corrected chi connectivity index (χ3v) is 26.3. The summed E-state index contributed by atoms with van der Waals surface area (Å²) in [7, 11) is -4.80. The molecule has 0 spiro atoms. The van der Waals surface area contributed by atoms with Crippen molar-refractivity contribution in [1.82, 2.24) is 0 Å². The van der Waals surface area contributed by atoms with Crippen LogP contribution in [0.15, 0.2) is 206 Å². The summed E-state index contributed by atoms with van der Waals surface area (Å²) >= 11 is 0. The van der Waals surface area contributed by atoms with Gasteiger partial charge in [-0.15, -0.1) is 35.4 Å². The molecule has 0 aliphatic carbocycles. The van der Waals surface area contributed by atoms with Gasteiger partial charge in [0.2, 0.25) is 0 Å². The molecular weight excluding hydrogens is 1200 g/mol. The minimum Gasteiger partial charge on any atom is -0.366 e. The van der Waals surface area contributed by atoms with Gasteiger partial charge in [0.05, 0.1) is 0 Å². The summed E-state index contributed by atoms with van der Waals surface area (Å²) in [4.78, 5) is 0. The second-order valence-corrected chi connectivity index (χ2v) is 31.0. The maximum Gasteiger partial charge on any atom is 1.00 e. The predicted molar refractivity (Wildman–Crippen MR) is 276 cm³/mol. The van der Waals surface area contributed by atoms with Crippen LogP contribution < -0.4 is 42.0 Å². The number of fused-ring (bicyclic) bond motifs is 6. The van der Waals surface area contributed by atoms with E-state index in [9.17, 15) is 0 Å². The predicted octanol–water partition coefficient (Wildman–Crippen LogP) is 9.52. The van der Waals surface area contributed by atoms with Crippen LogP contribution in [0.1, 0.15) is 11.1 Å². The van der Waals surface area contributed by atoms with Gasteiger partial charge in [-0.1, -0.05) is 170 Å². The summed E-state index contributed by atoms with van der Waals surface area (Å²) in [6, 6.07) is 74.4. The average Bonchev–Trinajstić information content (AvgIpc) is 3.69. The topological polar surface area (TPSA) is 0 Å². The van der Waals surface area contributed by atoms with Crippen molar-refractivity contribution in [3.8, 4) is 34.1 Å². The summed E-state index contributed by atoms with van der Waals surface area (Å²) in [6.07, 6.45) is 14.5. The van der Waals surface area contributed by atoms with E-state index in [1.54, 1.807) is 0 Å². The van der Waals surface area contributed by atoms with Gasteiger partial charge in [-0.25, -0.2) is 0 Å². The van der Waals surface area contributed by atoms with Gasteiger partial charge in [0, 0.05) is 0 Å². The Labute approximate surface area is 411 Å². The Hall–Kier alpha value is -4.35. The molecule has 316 valence electrons. The van der Waals surface area contributed by atoms with Gasteiger partial charge in [-0.3, -0.25) is 11.8 Å². The molecule has 2 heterocycles. The van der Waals surface area contributed by atoms with E-state index in [-0.39, 0.29) is 44.8 Å². The zero-order valence-corrected chi connectivity index (χ0v) is 44.3. The molecule has 0 radical (unpaired) electrons. The summed E-state index contributed by atoms with van der Waals surface area (Å²) in [5, 5.41) is 11.9. The molecule has 2 aliphatic heterocycles. The Balaban J connectivity index is 0.000000161. The zero-order valence-electron chi connectivity index (χ0n) is 35.9. The Morgan fingerprint density at radius 1 is 0.349 bits per heavy atom. The molecule has 0 unspecified atom stereocenters. The standard InChI is InChI=1S/C25H22P2.2C16H13Si.2Au/c1-5-13-22(14-6-1)26(23-15-7-2-8-16-23)21-27(24-17-9-3-10-18-24)25-19-11-4-12-20-25;2*1-4-12-9-10-14-13-7-5-6-8-15(13)17(2,3)16(14)11-12;;/h1-20H,21H2;2*5-11H,2-3H3;;/q;2*-1;2*+1/p+2. The van der Waals surface area contributed by atoms with Crippen molar-refractivity contribution in [3.05, 3.63) is 230 Å². The molecule has 8 aromatic rings. The molecule has 6 heteroatoms. The van der Waals surface area contributed by atoms with Crippen molar-refractivity contribution < 1.29 is 44.8 Å². The molecule has 0 fully saturated rings. The van der Waals surface area contributed by atoms with Crippen LogP contribution in [0.3, 0.4) is 0 Å². The van der Waals surface area contributed by atoms with Crippen molar-refractivity contribution in [2.75, 3.05) is 5.90 Å². The van der Waals surface area contributed by atoms with E-state index in [1.165, 1.54) is 70.1 Å². The molecule has 0 saturated carbocycles. The van der Waals surface area contributed by atoms with Crippen molar-refractivity contribution in [3.63, 3.8) is 0 Å². The van der Waals surface area contributed by atoms with Crippen LogP contribution in [0, 0.1) is 24.7 Å². The van der Waals surface area contributed by atoms with Crippen LogP contribution in [-0.2, 0) is 44.8 Å². The zero-order chi connectivity index (χ0) is 42.4. The first kappa shape index (κ1) is 48.1. The van der Waals surface area contributed by atoms with E-state index in [0.717, 1.165) is 11.1 Å². The van der Waals surface area contributed by atoms with Gasteiger partial charge in [0.15, 0.2) is 5.90 Å². The molecule has 0 aromatic heterocycles. The Bertz CT molecular complexity index is 2590. The summed E-state index contributed by atoms with van der Waals surface area (Å²) in [6.45, 7) is 9.52. The van der Waals surface area contributed by atoms with Gasteiger partial charge in [-0.05, 0) is 81.2 Å². The Morgan fingerprint density at radius 2 is 0.619 bits per heavy atom. The second kappa shape index (κ2) is 21.6. The minimum absolute atomic E-state index is 0. The molecule has 63 heavy (non-hydrogen) atoms. The van der Waals surface area contributed by atoms with Crippen molar-refractivity contribution in [2.24, 2.45) is 0 Å². The molecule has 0 saturated heterocycles. The van der Waals surface area contributed by atoms with Gasteiger partial charge < -0.3 is 12.8 Å². The van der Waals surface area contributed by atoms with E-state index < -0.39 is 32.0 Å². The van der Waals surface area contributed by atoms with Crippen LogP contribution in [0.25, 0.3) is 22.3 Å². The minimum atomic E-state index is -1.55. The maximum atomic E-state index is 7.26. The summed E-state index contributed by atoms with van der Waals surface area (Å²) in [5.74, 6) is 6.23. The van der Waals surface area contributed by atoms with Crippen molar-refractivity contribution in [1.29, 1.82) is 0 Å². The quantitative estimate of drug-likeness (QED) is 0.0675.